The fourth-order valence-electron chi connectivity index (χ4n) is 1.20. The second kappa shape index (κ2) is 5.69. The summed E-state index contributed by atoms with van der Waals surface area (Å²) in [4.78, 5) is 0. The Hall–Kier alpha value is -0.310. The number of hydrogen-bond acceptors (Lipinski definition) is 4. The molecule has 1 aliphatic heterocycles. The van der Waals surface area contributed by atoms with Crippen molar-refractivity contribution in [3.63, 3.8) is 0 Å². The molecule has 0 radical (unpaired) electrons. The molecule has 1 saturated heterocycles. The molecular formula is C10H20NO3P. The maximum Gasteiger partial charge on any atom is 0.355 e. The molecule has 5 heteroatoms. The van der Waals surface area contributed by atoms with Crippen molar-refractivity contribution in [1.29, 1.82) is 0 Å². The molecule has 1 aliphatic rings. The van der Waals surface area contributed by atoms with Gasteiger partial charge in [0.15, 0.2) is 0 Å². The molecule has 0 saturated carbocycles. The largest absolute Gasteiger partial charge is 0.388 e. The summed E-state index contributed by atoms with van der Waals surface area (Å²) in [6.45, 7) is 8.02. The lowest BCUT2D eigenvalue weighted by Crippen LogP contribution is -2.18. The number of rotatable bonds is 4. The van der Waals surface area contributed by atoms with Crippen molar-refractivity contribution in [2.75, 3.05) is 19.8 Å². The van der Waals surface area contributed by atoms with E-state index in [1.165, 1.54) is 0 Å². The quantitative estimate of drug-likeness (QED) is 0.758. The third-order valence-electron chi connectivity index (χ3n) is 1.97. The molecule has 1 N–H and O–H groups in total. The van der Waals surface area contributed by atoms with Gasteiger partial charge in [-0.25, -0.2) is 0 Å². The normalized spacial score (nSPS) is 21.7. The Bertz CT molecular complexity index is 266. The van der Waals surface area contributed by atoms with Gasteiger partial charge >= 0.3 is 7.60 Å². The predicted molar refractivity (Wildman–Crippen MR) is 60.7 cm³/mol. The molecule has 0 amide bonds. The third kappa shape index (κ3) is 4.83. The van der Waals surface area contributed by atoms with Gasteiger partial charge in [0.1, 0.15) is 0 Å². The molecule has 0 bridgehead atoms. The highest BCUT2D eigenvalue weighted by Crippen LogP contribution is 2.52. The Morgan fingerprint density at radius 2 is 2.07 bits per heavy atom. The van der Waals surface area contributed by atoms with E-state index in [-0.39, 0.29) is 0 Å². The van der Waals surface area contributed by atoms with Crippen LogP contribution in [0.1, 0.15) is 27.2 Å². The number of hydrogen-bond donors (Lipinski definition) is 1. The van der Waals surface area contributed by atoms with Crippen LogP contribution in [0.3, 0.4) is 0 Å². The van der Waals surface area contributed by atoms with Gasteiger partial charge in [0.2, 0.25) is 0 Å². The van der Waals surface area contributed by atoms with Crippen molar-refractivity contribution in [1.82, 2.24) is 5.32 Å². The summed E-state index contributed by atoms with van der Waals surface area (Å²) < 4.78 is 22.2. The van der Waals surface area contributed by atoms with Gasteiger partial charge in [-0.2, -0.15) is 0 Å². The fraction of sp³-hybridized carbons (Fsp3) is 0.800. The first kappa shape index (κ1) is 12.8. The monoisotopic (exact) mass is 233 g/mol. The predicted octanol–water partition coefficient (Wildman–Crippen LogP) is 2.72. The van der Waals surface area contributed by atoms with Gasteiger partial charge in [-0.3, -0.25) is 4.57 Å². The van der Waals surface area contributed by atoms with E-state index < -0.39 is 7.60 Å². The van der Waals surface area contributed by atoms with E-state index in [9.17, 15) is 4.57 Å². The van der Waals surface area contributed by atoms with Crippen molar-refractivity contribution in [2.45, 2.75) is 27.2 Å². The molecule has 0 aromatic carbocycles. The van der Waals surface area contributed by atoms with Crippen LogP contribution < -0.4 is 5.32 Å². The summed E-state index contributed by atoms with van der Waals surface area (Å²) in [5, 5.41) is 3.18. The maximum absolute atomic E-state index is 11.9. The standard InChI is InChI=1S/C10H20NO3P/c1-9(2)7-11-10(3)8-15(12)13-5-4-6-14-15/h8-9,11H,4-7H2,1-3H3/b10-8+. The fourth-order valence-corrected chi connectivity index (χ4v) is 2.76. The Kier molecular flexibility index (Phi) is 4.84. The van der Waals surface area contributed by atoms with Crippen LogP contribution >= 0.6 is 7.60 Å². The molecule has 0 spiro atoms. The van der Waals surface area contributed by atoms with Crippen LogP contribution in [0.4, 0.5) is 0 Å². The highest BCUT2D eigenvalue weighted by Gasteiger charge is 2.25. The molecule has 0 unspecified atom stereocenters. The van der Waals surface area contributed by atoms with E-state index in [0.717, 1.165) is 18.7 Å². The van der Waals surface area contributed by atoms with Gasteiger partial charge in [0.25, 0.3) is 0 Å². The molecule has 0 atom stereocenters. The summed E-state index contributed by atoms with van der Waals surface area (Å²) in [5.74, 6) is 2.14. The Morgan fingerprint density at radius 1 is 1.47 bits per heavy atom. The summed E-state index contributed by atoms with van der Waals surface area (Å²) in [6, 6.07) is 0. The number of nitrogens with one attached hydrogen (secondary N) is 1. The van der Waals surface area contributed by atoms with Gasteiger partial charge in [0, 0.05) is 18.1 Å². The van der Waals surface area contributed by atoms with E-state index in [1.807, 2.05) is 6.92 Å². The Labute approximate surface area is 91.6 Å². The minimum Gasteiger partial charge on any atom is -0.388 e. The maximum atomic E-state index is 11.9. The van der Waals surface area contributed by atoms with Crippen LogP contribution in [0.2, 0.25) is 0 Å². The van der Waals surface area contributed by atoms with Crippen LogP contribution in [0, 0.1) is 5.92 Å². The zero-order valence-corrected chi connectivity index (χ0v) is 10.5. The van der Waals surface area contributed by atoms with Crippen molar-refractivity contribution < 1.29 is 13.6 Å². The van der Waals surface area contributed by atoms with E-state index >= 15 is 0 Å². The van der Waals surface area contributed by atoms with Gasteiger partial charge in [0.05, 0.1) is 13.2 Å². The third-order valence-corrected chi connectivity index (χ3v) is 3.76. The number of allylic oxidation sites excluding steroid dienone is 1. The molecule has 0 aliphatic carbocycles. The summed E-state index contributed by atoms with van der Waals surface area (Å²) in [5.41, 5.74) is 0.855. The molecule has 1 rings (SSSR count). The van der Waals surface area contributed by atoms with E-state index in [0.29, 0.717) is 19.1 Å². The van der Waals surface area contributed by atoms with E-state index in [1.54, 1.807) is 5.82 Å². The van der Waals surface area contributed by atoms with Crippen molar-refractivity contribution in [2.24, 2.45) is 5.92 Å². The average molecular weight is 233 g/mol. The smallest absolute Gasteiger partial charge is 0.355 e. The SMILES string of the molecule is C/C(=C\P1(=O)OCCCO1)NCC(C)C. The van der Waals surface area contributed by atoms with Gasteiger partial charge < -0.3 is 14.4 Å². The van der Waals surface area contributed by atoms with Crippen LogP contribution in [0.5, 0.6) is 0 Å². The highest BCUT2D eigenvalue weighted by atomic mass is 31.2. The average Bonchev–Trinajstić information content (AvgIpc) is 2.15. The van der Waals surface area contributed by atoms with Gasteiger partial charge in [-0.05, 0) is 19.3 Å². The van der Waals surface area contributed by atoms with Crippen LogP contribution in [0.25, 0.3) is 0 Å². The van der Waals surface area contributed by atoms with E-state index in [2.05, 4.69) is 19.2 Å². The molecule has 1 fully saturated rings. The second-order valence-electron chi connectivity index (χ2n) is 4.15. The van der Waals surface area contributed by atoms with Gasteiger partial charge in [-0.15, -0.1) is 0 Å². The van der Waals surface area contributed by atoms with Crippen molar-refractivity contribution in [3.8, 4) is 0 Å². The molecular weight excluding hydrogens is 213 g/mol. The van der Waals surface area contributed by atoms with Crippen LogP contribution in [-0.4, -0.2) is 19.8 Å². The van der Waals surface area contributed by atoms with Crippen molar-refractivity contribution in [3.05, 3.63) is 11.5 Å². The zero-order valence-electron chi connectivity index (χ0n) is 9.66. The Balaban J connectivity index is 2.48. The highest BCUT2D eigenvalue weighted by molar-refractivity contribution is 7.57. The summed E-state index contributed by atoms with van der Waals surface area (Å²) in [6.07, 6.45) is 0.816. The lowest BCUT2D eigenvalue weighted by molar-refractivity contribution is 0.153. The molecule has 15 heavy (non-hydrogen) atoms. The molecule has 1 heterocycles. The summed E-state index contributed by atoms with van der Waals surface area (Å²) in [7, 11) is -2.95. The minimum atomic E-state index is -2.95. The summed E-state index contributed by atoms with van der Waals surface area (Å²) >= 11 is 0. The zero-order chi connectivity index (χ0) is 11.3. The van der Waals surface area contributed by atoms with Crippen LogP contribution in [-0.2, 0) is 13.6 Å². The second-order valence-corrected chi connectivity index (χ2v) is 6.00. The first-order valence-electron chi connectivity index (χ1n) is 5.34. The topological polar surface area (TPSA) is 47.6 Å². The van der Waals surface area contributed by atoms with E-state index in [4.69, 9.17) is 9.05 Å². The molecule has 88 valence electrons. The minimum absolute atomic E-state index is 0.519. The lowest BCUT2D eigenvalue weighted by atomic mass is 10.2. The van der Waals surface area contributed by atoms with Crippen LogP contribution in [0.15, 0.2) is 11.5 Å². The molecule has 0 aromatic heterocycles. The lowest BCUT2D eigenvalue weighted by Gasteiger charge is -2.21. The first-order chi connectivity index (χ1) is 7.02. The Morgan fingerprint density at radius 3 is 2.60 bits per heavy atom. The molecule has 4 nitrogen and oxygen atoms in total. The first-order valence-corrected chi connectivity index (χ1v) is 6.95. The molecule has 0 aromatic rings. The van der Waals surface area contributed by atoms with Crippen molar-refractivity contribution >= 4 is 7.60 Å². The van der Waals surface area contributed by atoms with Gasteiger partial charge in [-0.1, -0.05) is 13.8 Å².